The van der Waals surface area contributed by atoms with Crippen LogP contribution in [0.1, 0.15) is 12.8 Å². The zero-order valence-electron chi connectivity index (χ0n) is 10.8. The number of rotatable bonds is 4. The third-order valence-corrected chi connectivity index (χ3v) is 5.75. The minimum Gasteiger partial charge on any atom is -0.397 e. The summed E-state index contributed by atoms with van der Waals surface area (Å²) in [5, 5.41) is 3.38. The average molecular weight is 301 g/mol. The van der Waals surface area contributed by atoms with Crippen LogP contribution in [0, 0.1) is 0 Å². The van der Waals surface area contributed by atoms with Gasteiger partial charge in [0, 0.05) is 11.8 Å². The maximum Gasteiger partial charge on any atom is 0.240 e. The fourth-order valence-corrected chi connectivity index (χ4v) is 3.87. The SMILES string of the molecule is CNS(=O)(=O)c1ccc(NC2CCCSC2)c(N)c1. The smallest absolute Gasteiger partial charge is 0.240 e. The summed E-state index contributed by atoms with van der Waals surface area (Å²) in [6.07, 6.45) is 2.33. The number of nitrogen functional groups attached to an aromatic ring is 1. The van der Waals surface area contributed by atoms with Crippen LogP contribution in [0.3, 0.4) is 0 Å². The van der Waals surface area contributed by atoms with E-state index in [1.165, 1.54) is 25.3 Å². The van der Waals surface area contributed by atoms with Gasteiger partial charge in [0.05, 0.1) is 16.3 Å². The molecule has 0 radical (unpaired) electrons. The van der Waals surface area contributed by atoms with Gasteiger partial charge in [0.15, 0.2) is 0 Å². The van der Waals surface area contributed by atoms with Crippen LogP contribution in [0.25, 0.3) is 0 Å². The number of hydrogen-bond acceptors (Lipinski definition) is 5. The second kappa shape index (κ2) is 6.02. The van der Waals surface area contributed by atoms with Gasteiger partial charge in [0.25, 0.3) is 0 Å². The van der Waals surface area contributed by atoms with Crippen molar-refractivity contribution in [3.63, 3.8) is 0 Å². The van der Waals surface area contributed by atoms with Crippen molar-refractivity contribution in [1.82, 2.24) is 4.72 Å². The standard InChI is InChI=1S/C12H19N3O2S2/c1-14-19(16,17)10-4-5-12(11(13)7-10)15-9-3-2-6-18-8-9/h4-5,7,9,14-15H,2-3,6,8,13H2,1H3. The molecule has 0 aliphatic carbocycles. The van der Waals surface area contributed by atoms with Gasteiger partial charge in [-0.1, -0.05) is 0 Å². The summed E-state index contributed by atoms with van der Waals surface area (Å²) in [6.45, 7) is 0. The summed E-state index contributed by atoms with van der Waals surface area (Å²) < 4.78 is 25.6. The van der Waals surface area contributed by atoms with Crippen molar-refractivity contribution in [3.05, 3.63) is 18.2 Å². The van der Waals surface area contributed by atoms with Crippen LogP contribution < -0.4 is 15.8 Å². The number of nitrogens with two attached hydrogens (primary N) is 1. The Balaban J connectivity index is 2.15. The molecular formula is C12H19N3O2S2. The highest BCUT2D eigenvalue weighted by Crippen LogP contribution is 2.26. The van der Waals surface area contributed by atoms with Crippen LogP contribution in [-0.2, 0) is 10.0 Å². The molecule has 1 heterocycles. The molecule has 7 heteroatoms. The van der Waals surface area contributed by atoms with E-state index < -0.39 is 10.0 Å². The predicted molar refractivity (Wildman–Crippen MR) is 81.1 cm³/mol. The maximum atomic E-state index is 11.7. The van der Waals surface area contributed by atoms with Gasteiger partial charge in [-0.3, -0.25) is 0 Å². The maximum absolute atomic E-state index is 11.7. The largest absolute Gasteiger partial charge is 0.397 e. The van der Waals surface area contributed by atoms with E-state index >= 15 is 0 Å². The Bertz CT molecular complexity index is 540. The summed E-state index contributed by atoms with van der Waals surface area (Å²) in [5.74, 6) is 2.28. The quantitative estimate of drug-likeness (QED) is 0.734. The van der Waals surface area contributed by atoms with Crippen LogP contribution in [0.5, 0.6) is 0 Å². The molecule has 1 unspecified atom stereocenters. The first-order chi connectivity index (χ1) is 9.03. The zero-order valence-corrected chi connectivity index (χ0v) is 12.5. The molecule has 1 aromatic rings. The van der Waals surface area contributed by atoms with Gasteiger partial charge in [-0.2, -0.15) is 11.8 Å². The monoisotopic (exact) mass is 301 g/mol. The van der Waals surface area contributed by atoms with Crippen LogP contribution in [-0.4, -0.2) is 33.0 Å². The number of anilines is 2. The third-order valence-electron chi connectivity index (χ3n) is 3.12. The second-order valence-corrected chi connectivity index (χ2v) is 7.55. The van der Waals surface area contributed by atoms with Crippen molar-refractivity contribution in [2.75, 3.05) is 29.6 Å². The molecule has 1 aromatic carbocycles. The molecule has 106 valence electrons. The lowest BCUT2D eigenvalue weighted by Crippen LogP contribution is -2.26. The normalized spacial score (nSPS) is 20.2. The molecule has 4 N–H and O–H groups in total. The van der Waals surface area contributed by atoms with E-state index in [0.29, 0.717) is 11.7 Å². The molecule has 1 aliphatic rings. The van der Waals surface area contributed by atoms with Crippen molar-refractivity contribution in [3.8, 4) is 0 Å². The van der Waals surface area contributed by atoms with Gasteiger partial charge in [-0.15, -0.1) is 0 Å². The summed E-state index contributed by atoms with van der Waals surface area (Å²) >= 11 is 1.93. The molecule has 1 saturated heterocycles. The topological polar surface area (TPSA) is 84.2 Å². The number of nitrogens with one attached hydrogen (secondary N) is 2. The molecule has 19 heavy (non-hydrogen) atoms. The van der Waals surface area contributed by atoms with E-state index in [-0.39, 0.29) is 4.90 Å². The number of sulfonamides is 1. The Hall–Kier alpha value is -0.920. The van der Waals surface area contributed by atoms with E-state index in [2.05, 4.69) is 10.0 Å². The second-order valence-electron chi connectivity index (χ2n) is 4.52. The van der Waals surface area contributed by atoms with Crippen LogP contribution >= 0.6 is 11.8 Å². The summed E-state index contributed by atoms with van der Waals surface area (Å²) in [7, 11) is -2.05. The fraction of sp³-hybridized carbons (Fsp3) is 0.500. The van der Waals surface area contributed by atoms with E-state index in [0.717, 1.165) is 17.9 Å². The minimum absolute atomic E-state index is 0.191. The van der Waals surface area contributed by atoms with Gasteiger partial charge in [0.2, 0.25) is 10.0 Å². The highest BCUT2D eigenvalue weighted by atomic mass is 32.2. The summed E-state index contributed by atoms with van der Waals surface area (Å²) in [6, 6.07) is 5.21. The molecule has 0 saturated carbocycles. The number of thioether (sulfide) groups is 1. The Morgan fingerprint density at radius 2 is 2.21 bits per heavy atom. The van der Waals surface area contributed by atoms with E-state index in [1.807, 2.05) is 11.8 Å². The highest BCUT2D eigenvalue weighted by Gasteiger charge is 2.16. The molecule has 1 atom stereocenters. The number of hydrogen-bond donors (Lipinski definition) is 3. The Labute approximate surface area is 118 Å². The third kappa shape index (κ3) is 3.55. The van der Waals surface area contributed by atoms with Gasteiger partial charge < -0.3 is 11.1 Å². The van der Waals surface area contributed by atoms with E-state index in [1.54, 1.807) is 12.1 Å². The van der Waals surface area contributed by atoms with Gasteiger partial charge in [-0.25, -0.2) is 13.1 Å². The molecule has 1 fully saturated rings. The lowest BCUT2D eigenvalue weighted by molar-refractivity contribution is 0.588. The molecule has 5 nitrogen and oxygen atoms in total. The van der Waals surface area contributed by atoms with Gasteiger partial charge in [0.1, 0.15) is 0 Å². The van der Waals surface area contributed by atoms with Crippen molar-refractivity contribution in [2.45, 2.75) is 23.8 Å². The Morgan fingerprint density at radius 1 is 1.42 bits per heavy atom. The first-order valence-corrected chi connectivity index (χ1v) is 8.84. The van der Waals surface area contributed by atoms with Crippen molar-refractivity contribution < 1.29 is 8.42 Å². The molecule has 0 spiro atoms. The van der Waals surface area contributed by atoms with E-state index in [4.69, 9.17) is 5.73 Å². The average Bonchev–Trinajstić information content (AvgIpc) is 2.42. The predicted octanol–water partition coefficient (Wildman–Crippen LogP) is 1.48. The lowest BCUT2D eigenvalue weighted by atomic mass is 10.1. The van der Waals surface area contributed by atoms with Crippen LogP contribution in [0.15, 0.2) is 23.1 Å². The zero-order chi connectivity index (χ0) is 13.9. The van der Waals surface area contributed by atoms with Crippen molar-refractivity contribution in [1.29, 1.82) is 0 Å². The minimum atomic E-state index is -3.43. The molecule has 0 aromatic heterocycles. The molecule has 1 aliphatic heterocycles. The number of benzene rings is 1. The molecular weight excluding hydrogens is 282 g/mol. The molecule has 0 amide bonds. The van der Waals surface area contributed by atoms with Crippen molar-refractivity contribution >= 4 is 33.2 Å². The van der Waals surface area contributed by atoms with Crippen LogP contribution in [0.4, 0.5) is 11.4 Å². The fourth-order valence-electron chi connectivity index (χ4n) is 2.03. The highest BCUT2D eigenvalue weighted by molar-refractivity contribution is 7.99. The van der Waals surface area contributed by atoms with Crippen molar-refractivity contribution in [2.24, 2.45) is 0 Å². The van der Waals surface area contributed by atoms with Gasteiger partial charge >= 0.3 is 0 Å². The lowest BCUT2D eigenvalue weighted by Gasteiger charge is -2.24. The summed E-state index contributed by atoms with van der Waals surface area (Å²) in [4.78, 5) is 0.191. The Kier molecular flexibility index (Phi) is 4.59. The molecule has 0 bridgehead atoms. The Morgan fingerprint density at radius 3 is 2.79 bits per heavy atom. The van der Waals surface area contributed by atoms with Crippen LogP contribution in [0.2, 0.25) is 0 Å². The van der Waals surface area contributed by atoms with E-state index in [9.17, 15) is 8.42 Å². The summed E-state index contributed by atoms with van der Waals surface area (Å²) in [5.41, 5.74) is 7.20. The van der Waals surface area contributed by atoms with Gasteiger partial charge in [-0.05, 0) is 43.8 Å². The first kappa shape index (κ1) is 14.5. The molecule has 2 rings (SSSR count). The first-order valence-electron chi connectivity index (χ1n) is 6.20.